The van der Waals surface area contributed by atoms with Gasteiger partial charge >= 0.3 is 0 Å². The van der Waals surface area contributed by atoms with E-state index >= 15 is 0 Å². The number of carbonyl (C=O) groups excluding carboxylic acids is 1. The van der Waals surface area contributed by atoms with Crippen LogP contribution >= 0.6 is 12.4 Å². The number of hydrogen-bond donors (Lipinski definition) is 1. The van der Waals surface area contributed by atoms with Gasteiger partial charge < -0.3 is 15.0 Å². The number of ether oxygens (including phenoxy) is 1. The third-order valence-electron chi connectivity index (χ3n) is 2.45. The Hall–Kier alpha value is -0.320. The second kappa shape index (κ2) is 4.79. The van der Waals surface area contributed by atoms with Gasteiger partial charge in [-0.25, -0.2) is 0 Å². The van der Waals surface area contributed by atoms with Gasteiger partial charge in [0.05, 0.1) is 19.1 Å². The summed E-state index contributed by atoms with van der Waals surface area (Å²) in [6, 6.07) is 0. The minimum absolute atomic E-state index is 0. The molecule has 2 heterocycles. The van der Waals surface area contributed by atoms with Gasteiger partial charge in [-0.05, 0) is 0 Å². The number of nitrogens with zero attached hydrogens (tertiary/aromatic N) is 1. The molecule has 0 aliphatic carbocycles. The molecule has 76 valence electrons. The van der Waals surface area contributed by atoms with Gasteiger partial charge in [-0.1, -0.05) is 0 Å². The van der Waals surface area contributed by atoms with Gasteiger partial charge in [0.1, 0.15) is 0 Å². The van der Waals surface area contributed by atoms with Crippen LogP contribution in [0.5, 0.6) is 0 Å². The first-order chi connectivity index (χ1) is 5.88. The molecule has 2 rings (SSSR count). The predicted molar refractivity (Wildman–Crippen MR) is 51.0 cm³/mol. The molecule has 0 bridgehead atoms. The fourth-order valence-electron chi connectivity index (χ4n) is 1.51. The van der Waals surface area contributed by atoms with Gasteiger partial charge in [-0.2, -0.15) is 0 Å². The molecule has 0 unspecified atom stereocenters. The Morgan fingerprint density at radius 2 is 1.92 bits per heavy atom. The highest BCUT2D eigenvalue weighted by atomic mass is 35.5. The van der Waals surface area contributed by atoms with Gasteiger partial charge in [0.15, 0.2) is 0 Å². The van der Waals surface area contributed by atoms with E-state index in [1.54, 1.807) is 0 Å². The van der Waals surface area contributed by atoms with Crippen LogP contribution in [0, 0.1) is 5.92 Å². The molecule has 2 aliphatic heterocycles. The molecule has 0 spiro atoms. The normalized spacial score (nSPS) is 23.2. The maximum absolute atomic E-state index is 11.6. The molecule has 2 fully saturated rings. The molecule has 1 amide bonds. The average Bonchev–Trinajstić information content (AvgIpc) is 2.03. The number of nitrogens with one attached hydrogen (secondary N) is 1. The summed E-state index contributed by atoms with van der Waals surface area (Å²) in [5.74, 6) is 0.542. The summed E-state index contributed by atoms with van der Waals surface area (Å²) in [6.45, 7) is 4.66. The summed E-state index contributed by atoms with van der Waals surface area (Å²) < 4.78 is 5.17. The van der Waals surface area contributed by atoms with Crippen LogP contribution in [-0.4, -0.2) is 50.2 Å². The van der Waals surface area contributed by atoms with Crippen molar-refractivity contribution in [3.8, 4) is 0 Å². The van der Waals surface area contributed by atoms with Gasteiger partial charge in [0.25, 0.3) is 0 Å². The van der Waals surface area contributed by atoms with E-state index in [1.807, 2.05) is 4.90 Å². The van der Waals surface area contributed by atoms with Crippen molar-refractivity contribution >= 4 is 18.3 Å². The molecule has 0 aromatic heterocycles. The number of amides is 1. The van der Waals surface area contributed by atoms with Gasteiger partial charge in [-0.3, -0.25) is 4.79 Å². The van der Waals surface area contributed by atoms with Crippen molar-refractivity contribution < 1.29 is 9.53 Å². The third-order valence-corrected chi connectivity index (χ3v) is 2.45. The van der Waals surface area contributed by atoms with E-state index in [0.717, 1.165) is 26.2 Å². The third kappa shape index (κ3) is 2.33. The van der Waals surface area contributed by atoms with Crippen molar-refractivity contribution in [2.75, 3.05) is 39.4 Å². The Kier molecular flexibility index (Phi) is 3.96. The highest BCUT2D eigenvalue weighted by molar-refractivity contribution is 5.85. The van der Waals surface area contributed by atoms with Crippen molar-refractivity contribution in [3.63, 3.8) is 0 Å². The van der Waals surface area contributed by atoms with Crippen LogP contribution < -0.4 is 5.32 Å². The number of halogens is 1. The lowest BCUT2D eigenvalue weighted by Gasteiger charge is -2.34. The molecule has 0 atom stereocenters. The van der Waals surface area contributed by atoms with Crippen molar-refractivity contribution in [2.45, 2.75) is 0 Å². The van der Waals surface area contributed by atoms with E-state index in [4.69, 9.17) is 4.74 Å². The lowest BCUT2D eigenvalue weighted by atomic mass is 10.0. The Morgan fingerprint density at radius 1 is 1.31 bits per heavy atom. The minimum atomic E-state index is 0. The zero-order valence-corrected chi connectivity index (χ0v) is 8.31. The first-order valence-corrected chi connectivity index (χ1v) is 4.45. The van der Waals surface area contributed by atoms with E-state index in [2.05, 4.69) is 5.32 Å². The summed E-state index contributed by atoms with van der Waals surface area (Å²) in [4.78, 5) is 13.5. The zero-order valence-electron chi connectivity index (χ0n) is 7.49. The van der Waals surface area contributed by atoms with Crippen molar-refractivity contribution in [2.24, 2.45) is 5.92 Å². The first-order valence-electron chi connectivity index (χ1n) is 4.45. The summed E-state index contributed by atoms with van der Waals surface area (Å²) >= 11 is 0. The maximum atomic E-state index is 11.6. The average molecular weight is 207 g/mol. The van der Waals surface area contributed by atoms with Gasteiger partial charge in [-0.15, -0.1) is 12.4 Å². The van der Waals surface area contributed by atoms with E-state index in [0.29, 0.717) is 19.1 Å². The second-order valence-electron chi connectivity index (χ2n) is 3.29. The van der Waals surface area contributed by atoms with Crippen LogP contribution in [0.1, 0.15) is 0 Å². The minimum Gasteiger partial charge on any atom is -0.378 e. The Morgan fingerprint density at radius 3 is 2.38 bits per heavy atom. The summed E-state index contributed by atoms with van der Waals surface area (Å²) in [7, 11) is 0. The topological polar surface area (TPSA) is 41.6 Å². The van der Waals surface area contributed by atoms with Crippen LogP contribution in [0.25, 0.3) is 0 Å². The molecule has 2 saturated heterocycles. The smallest absolute Gasteiger partial charge is 0.228 e. The molecule has 0 saturated carbocycles. The lowest BCUT2D eigenvalue weighted by molar-refractivity contribution is -0.141. The fourth-order valence-corrected chi connectivity index (χ4v) is 1.51. The summed E-state index contributed by atoms with van der Waals surface area (Å²) in [6.07, 6.45) is 0. The molecule has 13 heavy (non-hydrogen) atoms. The lowest BCUT2D eigenvalue weighted by Crippen LogP contribution is -2.54. The van der Waals surface area contributed by atoms with Crippen LogP contribution in [0.3, 0.4) is 0 Å². The molecule has 2 aliphatic rings. The highest BCUT2D eigenvalue weighted by Gasteiger charge is 2.29. The van der Waals surface area contributed by atoms with E-state index in [1.165, 1.54) is 0 Å². The van der Waals surface area contributed by atoms with Crippen molar-refractivity contribution in [1.29, 1.82) is 0 Å². The quantitative estimate of drug-likeness (QED) is 0.628. The molecular weight excluding hydrogens is 192 g/mol. The molecule has 0 radical (unpaired) electrons. The molecule has 4 nitrogen and oxygen atoms in total. The number of rotatable bonds is 1. The SMILES string of the molecule is Cl.O=C(C1CNC1)N1CCOCC1. The molecule has 0 aromatic rings. The highest BCUT2D eigenvalue weighted by Crippen LogP contribution is 2.09. The van der Waals surface area contributed by atoms with Crippen LogP contribution in [0.4, 0.5) is 0 Å². The standard InChI is InChI=1S/C8H14N2O2.ClH/c11-8(7-5-9-6-7)10-1-3-12-4-2-10;/h7,9H,1-6H2;1H. The Bertz CT molecular complexity index is 179. The van der Waals surface area contributed by atoms with E-state index < -0.39 is 0 Å². The largest absolute Gasteiger partial charge is 0.378 e. The predicted octanol–water partition coefficient (Wildman–Crippen LogP) is -0.514. The van der Waals surface area contributed by atoms with E-state index in [-0.39, 0.29) is 18.3 Å². The van der Waals surface area contributed by atoms with Crippen LogP contribution in [-0.2, 0) is 9.53 Å². The maximum Gasteiger partial charge on any atom is 0.228 e. The van der Waals surface area contributed by atoms with Crippen molar-refractivity contribution in [1.82, 2.24) is 10.2 Å². The monoisotopic (exact) mass is 206 g/mol. The van der Waals surface area contributed by atoms with Crippen LogP contribution in [0.2, 0.25) is 0 Å². The molecule has 5 heteroatoms. The van der Waals surface area contributed by atoms with E-state index in [9.17, 15) is 4.79 Å². The Balaban J connectivity index is 0.000000845. The van der Waals surface area contributed by atoms with Crippen LogP contribution in [0.15, 0.2) is 0 Å². The number of carbonyl (C=O) groups is 1. The second-order valence-corrected chi connectivity index (χ2v) is 3.29. The zero-order chi connectivity index (χ0) is 8.39. The number of hydrogen-bond acceptors (Lipinski definition) is 3. The first kappa shape index (κ1) is 10.8. The summed E-state index contributed by atoms with van der Waals surface area (Å²) in [5.41, 5.74) is 0. The van der Waals surface area contributed by atoms with Crippen molar-refractivity contribution in [3.05, 3.63) is 0 Å². The number of morpholine rings is 1. The fraction of sp³-hybridized carbons (Fsp3) is 0.875. The Labute approximate surface area is 84.0 Å². The molecule has 1 N–H and O–H groups in total. The summed E-state index contributed by atoms with van der Waals surface area (Å²) in [5, 5.41) is 3.10. The molecule has 0 aromatic carbocycles. The molecular formula is C8H15ClN2O2. The van der Waals surface area contributed by atoms with Gasteiger partial charge in [0, 0.05) is 26.2 Å². The van der Waals surface area contributed by atoms with Gasteiger partial charge in [0.2, 0.25) is 5.91 Å².